The number of carboxylic acids is 1. The molecule has 1 rings (SSSR count). The van der Waals surface area contributed by atoms with E-state index in [2.05, 4.69) is 26.1 Å². The van der Waals surface area contributed by atoms with Crippen molar-refractivity contribution in [1.29, 1.82) is 0 Å². The van der Waals surface area contributed by atoms with Gasteiger partial charge in [-0.15, -0.1) is 0 Å². The van der Waals surface area contributed by atoms with E-state index in [1.54, 1.807) is 0 Å². The number of carboxylic acid groups (broad SMARTS) is 1. The Morgan fingerprint density at radius 1 is 1.41 bits per heavy atom. The molecule has 0 amide bonds. The molecule has 0 radical (unpaired) electrons. The molecule has 100 valence electrons. The van der Waals surface area contributed by atoms with Gasteiger partial charge in [-0.1, -0.05) is 33.6 Å². The van der Waals surface area contributed by atoms with Crippen molar-refractivity contribution in [2.45, 2.75) is 58.9 Å². The van der Waals surface area contributed by atoms with E-state index in [0.29, 0.717) is 11.8 Å². The molecule has 0 bridgehead atoms. The van der Waals surface area contributed by atoms with Crippen LogP contribution in [0.15, 0.2) is 0 Å². The lowest BCUT2D eigenvalue weighted by Gasteiger charge is -2.28. The van der Waals surface area contributed by atoms with Gasteiger partial charge in [0.2, 0.25) is 0 Å². The first kappa shape index (κ1) is 14.5. The molecular weight excluding hydrogens is 214 g/mol. The van der Waals surface area contributed by atoms with Gasteiger partial charge in [0.15, 0.2) is 0 Å². The predicted molar refractivity (Wildman–Crippen MR) is 70.0 cm³/mol. The van der Waals surface area contributed by atoms with Crippen molar-refractivity contribution in [3.63, 3.8) is 0 Å². The van der Waals surface area contributed by atoms with E-state index in [1.165, 1.54) is 25.7 Å². The molecule has 1 fully saturated rings. The smallest absolute Gasteiger partial charge is 0.320 e. The molecule has 0 spiro atoms. The molecule has 2 unspecified atom stereocenters. The Labute approximate surface area is 105 Å². The average Bonchev–Trinajstić information content (AvgIpc) is 2.23. The van der Waals surface area contributed by atoms with E-state index >= 15 is 0 Å². The van der Waals surface area contributed by atoms with Gasteiger partial charge in [-0.05, 0) is 43.6 Å². The highest BCUT2D eigenvalue weighted by Gasteiger charge is 2.22. The first-order valence-corrected chi connectivity index (χ1v) is 6.95. The van der Waals surface area contributed by atoms with E-state index in [-0.39, 0.29) is 6.04 Å². The maximum atomic E-state index is 11.1. The molecule has 1 aliphatic carbocycles. The van der Waals surface area contributed by atoms with Crippen LogP contribution < -0.4 is 5.32 Å². The van der Waals surface area contributed by atoms with Crippen LogP contribution in [-0.2, 0) is 4.79 Å². The first-order chi connectivity index (χ1) is 7.99. The van der Waals surface area contributed by atoms with Crippen molar-refractivity contribution in [3.8, 4) is 0 Å². The molecule has 0 aliphatic heterocycles. The Bertz CT molecular complexity index is 240. The van der Waals surface area contributed by atoms with E-state index < -0.39 is 5.97 Å². The Morgan fingerprint density at radius 3 is 2.65 bits per heavy atom. The lowest BCUT2D eigenvalue weighted by molar-refractivity contribution is -0.140. The maximum Gasteiger partial charge on any atom is 0.320 e. The van der Waals surface area contributed by atoms with Crippen LogP contribution >= 0.6 is 0 Å². The third kappa shape index (κ3) is 5.53. The SMILES string of the molecule is CC(C)C[C@@H](NCC1CCCC(C)C1)C(=O)O. The lowest BCUT2D eigenvalue weighted by Crippen LogP contribution is -2.41. The van der Waals surface area contributed by atoms with Crippen LogP contribution in [-0.4, -0.2) is 23.7 Å². The van der Waals surface area contributed by atoms with E-state index in [0.717, 1.165) is 18.9 Å². The van der Waals surface area contributed by atoms with Crippen LogP contribution in [0.5, 0.6) is 0 Å². The van der Waals surface area contributed by atoms with Gasteiger partial charge in [0.25, 0.3) is 0 Å². The van der Waals surface area contributed by atoms with Crippen molar-refractivity contribution in [2.75, 3.05) is 6.54 Å². The Morgan fingerprint density at radius 2 is 2.12 bits per heavy atom. The summed E-state index contributed by atoms with van der Waals surface area (Å²) in [5, 5.41) is 12.4. The molecule has 0 aromatic carbocycles. The minimum atomic E-state index is -0.706. The summed E-state index contributed by atoms with van der Waals surface area (Å²) in [5.74, 6) is 1.20. The molecule has 3 atom stereocenters. The minimum absolute atomic E-state index is 0.368. The van der Waals surface area contributed by atoms with Crippen molar-refractivity contribution in [1.82, 2.24) is 5.32 Å². The summed E-state index contributed by atoms with van der Waals surface area (Å²) < 4.78 is 0. The minimum Gasteiger partial charge on any atom is -0.480 e. The third-order valence-electron chi connectivity index (χ3n) is 3.70. The fraction of sp³-hybridized carbons (Fsp3) is 0.929. The summed E-state index contributed by atoms with van der Waals surface area (Å²) in [4.78, 5) is 11.1. The Kier molecular flexibility index (Phi) is 5.96. The number of carbonyl (C=O) groups is 1. The molecule has 17 heavy (non-hydrogen) atoms. The van der Waals surface area contributed by atoms with Crippen molar-refractivity contribution in [2.24, 2.45) is 17.8 Å². The summed E-state index contributed by atoms with van der Waals surface area (Å²) in [7, 11) is 0. The lowest BCUT2D eigenvalue weighted by atomic mass is 9.82. The van der Waals surface area contributed by atoms with Gasteiger partial charge < -0.3 is 10.4 Å². The van der Waals surface area contributed by atoms with Gasteiger partial charge in [-0.25, -0.2) is 0 Å². The van der Waals surface area contributed by atoms with Gasteiger partial charge in [-0.3, -0.25) is 4.79 Å². The van der Waals surface area contributed by atoms with Crippen LogP contribution in [0.2, 0.25) is 0 Å². The number of aliphatic carboxylic acids is 1. The molecule has 0 aromatic rings. The second-order valence-electron chi connectivity index (χ2n) is 6.07. The highest BCUT2D eigenvalue weighted by molar-refractivity contribution is 5.73. The summed E-state index contributed by atoms with van der Waals surface area (Å²) in [6.45, 7) is 7.31. The van der Waals surface area contributed by atoms with Crippen molar-refractivity contribution in [3.05, 3.63) is 0 Å². The van der Waals surface area contributed by atoms with E-state index in [9.17, 15) is 4.79 Å². The molecule has 0 saturated heterocycles. The summed E-state index contributed by atoms with van der Waals surface area (Å²) in [6, 6.07) is -0.368. The molecule has 0 heterocycles. The van der Waals surface area contributed by atoms with Gasteiger partial charge >= 0.3 is 5.97 Å². The standard InChI is InChI=1S/C14H27NO2/c1-10(2)7-13(14(16)17)15-9-12-6-4-5-11(3)8-12/h10-13,15H,4-9H2,1-3H3,(H,16,17)/t11?,12?,13-/m1/s1. The Balaban J connectivity index is 2.32. The summed E-state index contributed by atoms with van der Waals surface area (Å²) >= 11 is 0. The van der Waals surface area contributed by atoms with Crippen LogP contribution in [0.1, 0.15) is 52.9 Å². The Hall–Kier alpha value is -0.570. The molecule has 3 nitrogen and oxygen atoms in total. The topological polar surface area (TPSA) is 49.3 Å². The zero-order valence-electron chi connectivity index (χ0n) is 11.4. The predicted octanol–water partition coefficient (Wildman–Crippen LogP) is 2.90. The van der Waals surface area contributed by atoms with Crippen LogP contribution in [0.25, 0.3) is 0 Å². The molecule has 2 N–H and O–H groups in total. The normalized spacial score (nSPS) is 27.1. The second-order valence-corrected chi connectivity index (χ2v) is 6.07. The highest BCUT2D eigenvalue weighted by atomic mass is 16.4. The van der Waals surface area contributed by atoms with E-state index in [4.69, 9.17) is 5.11 Å². The molecular formula is C14H27NO2. The molecule has 1 aliphatic rings. The molecule has 1 saturated carbocycles. The number of nitrogens with one attached hydrogen (secondary N) is 1. The van der Waals surface area contributed by atoms with Crippen LogP contribution in [0, 0.1) is 17.8 Å². The van der Waals surface area contributed by atoms with Gasteiger partial charge in [0, 0.05) is 0 Å². The zero-order valence-corrected chi connectivity index (χ0v) is 11.4. The monoisotopic (exact) mass is 241 g/mol. The van der Waals surface area contributed by atoms with Crippen molar-refractivity contribution < 1.29 is 9.90 Å². The molecule has 0 aromatic heterocycles. The van der Waals surface area contributed by atoms with Crippen LogP contribution in [0.4, 0.5) is 0 Å². The molecule has 3 heteroatoms. The zero-order chi connectivity index (χ0) is 12.8. The average molecular weight is 241 g/mol. The first-order valence-electron chi connectivity index (χ1n) is 6.95. The van der Waals surface area contributed by atoms with Crippen molar-refractivity contribution >= 4 is 5.97 Å². The largest absolute Gasteiger partial charge is 0.480 e. The number of hydrogen-bond donors (Lipinski definition) is 2. The van der Waals surface area contributed by atoms with Crippen LogP contribution in [0.3, 0.4) is 0 Å². The van der Waals surface area contributed by atoms with Gasteiger partial charge in [-0.2, -0.15) is 0 Å². The second kappa shape index (κ2) is 7.00. The number of rotatable bonds is 6. The third-order valence-corrected chi connectivity index (χ3v) is 3.70. The fourth-order valence-electron chi connectivity index (χ4n) is 2.80. The summed E-state index contributed by atoms with van der Waals surface area (Å²) in [5.41, 5.74) is 0. The number of hydrogen-bond acceptors (Lipinski definition) is 2. The summed E-state index contributed by atoms with van der Waals surface area (Å²) in [6.07, 6.45) is 5.87. The maximum absolute atomic E-state index is 11.1. The van der Waals surface area contributed by atoms with E-state index in [1.807, 2.05) is 0 Å². The highest BCUT2D eigenvalue weighted by Crippen LogP contribution is 2.28. The van der Waals surface area contributed by atoms with Gasteiger partial charge in [0.1, 0.15) is 6.04 Å². The fourth-order valence-corrected chi connectivity index (χ4v) is 2.80. The van der Waals surface area contributed by atoms with Gasteiger partial charge in [0.05, 0.1) is 0 Å². The quantitative estimate of drug-likeness (QED) is 0.751.